The molecule has 3 fully saturated rings. The Hall–Kier alpha value is -0.950. The molecule has 3 aliphatic rings. The van der Waals surface area contributed by atoms with Crippen LogP contribution >= 0.6 is 0 Å². The zero-order valence-electron chi connectivity index (χ0n) is 19.7. The van der Waals surface area contributed by atoms with Gasteiger partial charge in [0, 0.05) is 13.2 Å². The van der Waals surface area contributed by atoms with Crippen LogP contribution < -0.4 is 5.32 Å². The predicted octanol–water partition coefficient (Wildman–Crippen LogP) is 3.77. The number of nitrogens with one attached hydrogen (secondary N) is 1. The Morgan fingerprint density at radius 1 is 1.37 bits per heavy atom. The molecule has 6 nitrogen and oxygen atoms in total. The molecular weight excluding hydrogens is 382 g/mol. The van der Waals surface area contributed by atoms with E-state index < -0.39 is 0 Å². The van der Waals surface area contributed by atoms with Crippen LogP contribution in [0, 0.1) is 5.92 Å². The van der Waals surface area contributed by atoms with E-state index in [1.165, 1.54) is 5.57 Å². The summed E-state index contributed by atoms with van der Waals surface area (Å²) in [6.45, 7) is 11.6. The maximum absolute atomic E-state index is 12.5. The summed E-state index contributed by atoms with van der Waals surface area (Å²) in [6, 6.07) is 0.313. The van der Waals surface area contributed by atoms with Gasteiger partial charge in [-0.3, -0.25) is 4.79 Å². The second-order valence-electron chi connectivity index (χ2n) is 9.83. The first-order valence-corrected chi connectivity index (χ1v) is 11.7. The molecule has 2 heterocycles. The molecule has 7 unspecified atom stereocenters. The summed E-state index contributed by atoms with van der Waals surface area (Å²) in [5.74, 6) is -0.145. The second-order valence-corrected chi connectivity index (χ2v) is 9.83. The van der Waals surface area contributed by atoms with E-state index in [-0.39, 0.29) is 47.9 Å². The Bertz CT molecular complexity index is 627. The molecule has 6 heteroatoms. The molecular formula is C24H41NO5. The predicted molar refractivity (Wildman–Crippen MR) is 116 cm³/mol. The van der Waals surface area contributed by atoms with Crippen molar-refractivity contribution >= 4 is 5.97 Å². The average molecular weight is 424 g/mol. The SMILES string of the molecule is CCCCC(C)NCC(=O)OC1CCC2(CO2)C(C2(C)OC2CC=C(C)C)C1OC. The van der Waals surface area contributed by atoms with Gasteiger partial charge in [-0.1, -0.05) is 31.4 Å². The lowest BCUT2D eigenvalue weighted by molar-refractivity contribution is -0.171. The van der Waals surface area contributed by atoms with Crippen molar-refractivity contribution in [2.24, 2.45) is 5.92 Å². The van der Waals surface area contributed by atoms with Gasteiger partial charge < -0.3 is 24.3 Å². The molecule has 7 atom stereocenters. The van der Waals surface area contributed by atoms with Gasteiger partial charge in [0.2, 0.25) is 0 Å². The molecule has 2 saturated heterocycles. The van der Waals surface area contributed by atoms with Crippen molar-refractivity contribution in [3.63, 3.8) is 0 Å². The molecule has 0 bridgehead atoms. The van der Waals surface area contributed by atoms with Gasteiger partial charge in [-0.15, -0.1) is 0 Å². The van der Waals surface area contributed by atoms with Gasteiger partial charge in [0.05, 0.1) is 25.2 Å². The number of hydrogen-bond donors (Lipinski definition) is 1. The Kier molecular flexibility index (Phi) is 7.65. The molecule has 1 aliphatic carbocycles. The monoisotopic (exact) mass is 423 g/mol. The highest BCUT2D eigenvalue weighted by Crippen LogP contribution is 2.59. The fourth-order valence-electron chi connectivity index (χ4n) is 5.15. The highest BCUT2D eigenvalue weighted by atomic mass is 16.6. The lowest BCUT2D eigenvalue weighted by Crippen LogP contribution is -2.56. The highest BCUT2D eigenvalue weighted by molar-refractivity contribution is 5.72. The van der Waals surface area contributed by atoms with Crippen LogP contribution in [0.3, 0.4) is 0 Å². The van der Waals surface area contributed by atoms with Crippen LogP contribution in [-0.4, -0.2) is 61.8 Å². The number of unbranched alkanes of at least 4 members (excludes halogenated alkanes) is 1. The summed E-state index contributed by atoms with van der Waals surface area (Å²) >= 11 is 0. The summed E-state index contributed by atoms with van der Waals surface area (Å²) < 4.78 is 24.0. The first-order valence-electron chi connectivity index (χ1n) is 11.7. The molecule has 0 radical (unpaired) electrons. The molecule has 0 amide bonds. The maximum atomic E-state index is 12.5. The van der Waals surface area contributed by atoms with Crippen molar-refractivity contribution < 1.29 is 23.7 Å². The highest BCUT2D eigenvalue weighted by Gasteiger charge is 2.72. The van der Waals surface area contributed by atoms with Crippen molar-refractivity contribution in [1.82, 2.24) is 5.32 Å². The van der Waals surface area contributed by atoms with Crippen LogP contribution in [-0.2, 0) is 23.7 Å². The Morgan fingerprint density at radius 2 is 2.10 bits per heavy atom. The van der Waals surface area contributed by atoms with Crippen molar-refractivity contribution in [3.8, 4) is 0 Å². The molecule has 0 aromatic heterocycles. The number of methoxy groups -OCH3 is 1. The molecule has 1 N–H and O–H groups in total. The smallest absolute Gasteiger partial charge is 0.320 e. The molecule has 172 valence electrons. The van der Waals surface area contributed by atoms with E-state index in [1.54, 1.807) is 7.11 Å². The van der Waals surface area contributed by atoms with Crippen LogP contribution in [0.5, 0.6) is 0 Å². The number of esters is 1. The van der Waals surface area contributed by atoms with Crippen molar-refractivity contribution in [2.75, 3.05) is 20.3 Å². The molecule has 30 heavy (non-hydrogen) atoms. The van der Waals surface area contributed by atoms with Crippen molar-refractivity contribution in [3.05, 3.63) is 11.6 Å². The summed E-state index contributed by atoms with van der Waals surface area (Å²) in [5, 5.41) is 3.29. The van der Waals surface area contributed by atoms with E-state index in [0.717, 1.165) is 45.1 Å². The number of carbonyl (C=O) groups is 1. The van der Waals surface area contributed by atoms with Crippen molar-refractivity contribution in [2.45, 2.75) is 109 Å². The average Bonchev–Trinajstić information content (AvgIpc) is 3.62. The molecule has 0 aromatic carbocycles. The summed E-state index contributed by atoms with van der Waals surface area (Å²) in [5.41, 5.74) is 0.802. The minimum atomic E-state index is -0.304. The van der Waals surface area contributed by atoms with Crippen LogP contribution in [0.15, 0.2) is 11.6 Å². The molecule has 0 aromatic rings. The van der Waals surface area contributed by atoms with Gasteiger partial charge in [0.25, 0.3) is 0 Å². The third-order valence-corrected chi connectivity index (χ3v) is 7.11. The normalized spacial score (nSPS) is 38.2. The number of allylic oxidation sites excluding steroid dienone is 1. The van der Waals surface area contributed by atoms with E-state index in [0.29, 0.717) is 6.04 Å². The first-order chi connectivity index (χ1) is 14.3. The minimum Gasteiger partial charge on any atom is -0.459 e. The number of ether oxygens (including phenoxy) is 4. The van der Waals surface area contributed by atoms with E-state index in [9.17, 15) is 4.79 Å². The van der Waals surface area contributed by atoms with Crippen LogP contribution in [0.2, 0.25) is 0 Å². The topological polar surface area (TPSA) is 72.6 Å². The van der Waals surface area contributed by atoms with Crippen LogP contribution in [0.1, 0.15) is 73.1 Å². The van der Waals surface area contributed by atoms with Gasteiger partial charge in [-0.25, -0.2) is 0 Å². The fourth-order valence-corrected chi connectivity index (χ4v) is 5.15. The fraction of sp³-hybridized carbons (Fsp3) is 0.875. The summed E-state index contributed by atoms with van der Waals surface area (Å²) in [7, 11) is 1.71. The zero-order chi connectivity index (χ0) is 21.9. The van der Waals surface area contributed by atoms with E-state index in [1.807, 2.05) is 0 Å². The third-order valence-electron chi connectivity index (χ3n) is 7.11. The number of rotatable bonds is 11. The number of hydrogen-bond acceptors (Lipinski definition) is 6. The number of carbonyl (C=O) groups excluding carboxylic acids is 1. The third kappa shape index (κ3) is 5.26. The summed E-state index contributed by atoms with van der Waals surface area (Å²) in [6.07, 6.45) is 7.83. The van der Waals surface area contributed by atoms with E-state index >= 15 is 0 Å². The minimum absolute atomic E-state index is 0.0635. The Morgan fingerprint density at radius 3 is 2.70 bits per heavy atom. The number of epoxide rings is 2. The lowest BCUT2D eigenvalue weighted by atomic mass is 9.68. The van der Waals surface area contributed by atoms with E-state index in [4.69, 9.17) is 18.9 Å². The largest absolute Gasteiger partial charge is 0.459 e. The maximum Gasteiger partial charge on any atom is 0.320 e. The molecule has 1 spiro atoms. The standard InChI is InChI=1S/C24H41NO5/c1-7-8-9-17(4)25-14-20(26)29-18-12-13-24(15-28-24)22(21(18)27-6)23(5)19(30-23)11-10-16(2)3/h10,17-19,21-22,25H,7-9,11-15H2,1-6H3. The Balaban J connectivity index is 1.61. The zero-order valence-corrected chi connectivity index (χ0v) is 19.7. The van der Waals surface area contributed by atoms with Crippen LogP contribution in [0.25, 0.3) is 0 Å². The molecule has 1 saturated carbocycles. The lowest BCUT2D eigenvalue weighted by Gasteiger charge is -2.42. The van der Waals surface area contributed by atoms with Gasteiger partial charge in [-0.2, -0.15) is 0 Å². The quantitative estimate of drug-likeness (QED) is 0.310. The van der Waals surface area contributed by atoms with E-state index in [2.05, 4.69) is 46.0 Å². The second kappa shape index (κ2) is 9.68. The van der Waals surface area contributed by atoms with Crippen LogP contribution in [0.4, 0.5) is 0 Å². The molecule has 3 rings (SSSR count). The van der Waals surface area contributed by atoms with Gasteiger partial charge >= 0.3 is 5.97 Å². The molecule has 2 aliphatic heterocycles. The summed E-state index contributed by atoms with van der Waals surface area (Å²) in [4.78, 5) is 12.5. The van der Waals surface area contributed by atoms with Crippen molar-refractivity contribution in [1.29, 1.82) is 0 Å². The van der Waals surface area contributed by atoms with Gasteiger partial charge in [0.1, 0.15) is 23.4 Å². The van der Waals surface area contributed by atoms with Gasteiger partial charge in [-0.05, 0) is 53.4 Å². The Labute approximate surface area is 182 Å². The van der Waals surface area contributed by atoms with Gasteiger partial charge in [0.15, 0.2) is 0 Å². The first kappa shape index (κ1) is 23.7.